The van der Waals surface area contributed by atoms with Crippen LogP contribution in [0.1, 0.15) is 292 Å². The second-order valence-electron chi connectivity index (χ2n) is 2.23. The van der Waals surface area contributed by atoms with Crippen LogP contribution in [0.5, 0.6) is 0 Å². The summed E-state index contributed by atoms with van der Waals surface area (Å²) < 4.78 is 0. The Bertz CT molecular complexity index is 135. The van der Waals surface area contributed by atoms with Crippen molar-refractivity contribution in [2.24, 2.45) is 0 Å². The third kappa shape index (κ3) is 4120. The van der Waals surface area contributed by atoms with Crippen LogP contribution in [0.4, 0.5) is 0 Å². The van der Waals surface area contributed by atoms with Crippen molar-refractivity contribution < 1.29 is 24.3 Å². The smallest absolute Gasteiger partial charge is 0 e. The topological polar surface area (TPSA) is 0 Å². The summed E-state index contributed by atoms with van der Waals surface area (Å²) in [6.45, 7) is 80.8. The molecule has 45 heavy (non-hydrogen) atoms. The molecule has 0 aromatic carbocycles. The molecule has 0 aliphatic carbocycles. The van der Waals surface area contributed by atoms with E-state index in [0.29, 0.717) is 0 Å². The predicted octanol–water partition coefficient (Wildman–Crippen LogP) is 25.7. The highest BCUT2D eigenvalue weighted by Gasteiger charge is 1.66. The van der Waals surface area contributed by atoms with Gasteiger partial charge in [-0.2, -0.15) is 0 Å². The van der Waals surface area contributed by atoms with E-state index in [1.807, 2.05) is 254 Å². The zero-order chi connectivity index (χ0) is 42.9. The van der Waals surface area contributed by atoms with Crippen molar-refractivity contribution >= 4 is 0 Å². The molecule has 0 radical (unpaired) electrons. The summed E-state index contributed by atoms with van der Waals surface area (Å²) >= 11 is 0. The van der Waals surface area contributed by atoms with Gasteiger partial charge >= 0.3 is 0 Å². The van der Waals surface area contributed by atoms with E-state index < -0.39 is 0 Å². The molecule has 0 saturated carbocycles. The molecule has 0 aliphatic heterocycles. The van der Waals surface area contributed by atoms with Gasteiger partial charge in [-0.3, -0.25) is 0 Å². The molecule has 0 fully saturated rings. The van der Waals surface area contributed by atoms with Crippen molar-refractivity contribution in [2.75, 3.05) is 0 Å². The van der Waals surface area contributed by atoms with Crippen molar-refractivity contribution in [3.8, 4) is 0 Å². The van der Waals surface area contributed by atoms with E-state index in [-0.39, 0.29) is 24.3 Å². The highest BCUT2D eigenvalue weighted by atomic mass is 13.7. The first-order valence-electron chi connectivity index (χ1n) is 21.2. The van der Waals surface area contributed by atoms with Crippen molar-refractivity contribution in [2.45, 2.75) is 268 Å². The van der Waals surface area contributed by atoms with Crippen molar-refractivity contribution in [1.29, 1.82) is 0 Å². The summed E-state index contributed by atoms with van der Waals surface area (Å²) in [4.78, 5) is 0. The Kier molecular flexibility index (Phi) is 5750. The van der Waals surface area contributed by atoms with Gasteiger partial charge in [0.25, 0.3) is 0 Å². The molecule has 0 saturated heterocycles. The molecule has 0 spiro atoms. The van der Waals surface area contributed by atoms with Gasteiger partial charge in [0.05, 0.1) is 0 Å². The number of rotatable bonds is 5. The van der Waals surface area contributed by atoms with Gasteiger partial charge < -0.3 is 0 Å². The molecule has 0 heterocycles. The summed E-state index contributed by atoms with van der Waals surface area (Å²) in [6, 6.07) is 0. The lowest BCUT2D eigenvalue weighted by Crippen LogP contribution is -1.56. The Labute approximate surface area is 330 Å². The van der Waals surface area contributed by atoms with Crippen LogP contribution in [0.15, 0.2) is 38.0 Å². The molecule has 0 aliphatic rings. The Hall–Kier alpha value is -0.780. The molecular weight excluding hydrogens is 540 g/mol. The van der Waals surface area contributed by atoms with E-state index in [1.54, 1.807) is 0 Å². The molecule has 0 N–H and O–H groups in total. The van der Waals surface area contributed by atoms with E-state index in [9.17, 15) is 0 Å². The Morgan fingerprint density at radius 3 is 0.356 bits per heavy atom. The van der Waals surface area contributed by atoms with Crippen LogP contribution in [-0.4, -0.2) is 0 Å². The van der Waals surface area contributed by atoms with Crippen LogP contribution in [0.2, 0.25) is 0 Å². The van der Waals surface area contributed by atoms with E-state index in [2.05, 4.69) is 26.7 Å². The molecule has 0 atom stereocenters. The molecule has 0 nitrogen and oxygen atoms in total. The Morgan fingerprint density at radius 1 is 0.244 bits per heavy atom. The lowest BCUT2D eigenvalue weighted by Gasteiger charge is -1.76. The van der Waals surface area contributed by atoms with Crippen LogP contribution >= 0.6 is 0 Å². The number of unbranched alkanes of at least 4 members (excludes halogenated alkanes) is 2. The maximum atomic E-state index is 3.55. The average molecular weight is 715 g/mol. The summed E-state index contributed by atoms with van der Waals surface area (Å²) in [5.41, 5.74) is 0. The van der Waals surface area contributed by atoms with Crippen LogP contribution < -0.4 is 0 Å². The fourth-order valence-corrected chi connectivity index (χ4v) is 0.440. The van der Waals surface area contributed by atoms with Crippen LogP contribution in [0, 0.1) is 0 Å². The van der Waals surface area contributed by atoms with Crippen molar-refractivity contribution in [1.82, 2.24) is 0 Å². The third-order valence-corrected chi connectivity index (χ3v) is 1.07. The lowest BCUT2D eigenvalue weighted by atomic mass is 10.3. The first-order chi connectivity index (χ1) is 22.3. The minimum absolute atomic E-state index is 0. The molecule has 0 unspecified atom stereocenters. The lowest BCUT2D eigenvalue weighted by molar-refractivity contribution is 0.961. The SMILES string of the molecule is C=CCCC.C=CCCC=C.CC.CC.CC.CC.CC.CC.CC.CC.CC.CC.CC.CC.CC.CC.CC.CC.CC.[2HH].[2HH].[2HH].[2HH].[2HH].[2HH].[2HH].[2HH].[2HH].[2HH].[2HH].[2HH].[2HH].[2HH].[2HH].[2HH].[2HH]. The van der Waals surface area contributed by atoms with E-state index >= 15 is 0 Å². The van der Waals surface area contributed by atoms with Crippen LogP contribution in [-0.2, 0) is 0 Å². The largest absolute Gasteiger partial charge is 0.103 e. The quantitative estimate of drug-likeness (QED) is 0.196. The second kappa shape index (κ2) is 1990. The van der Waals surface area contributed by atoms with Gasteiger partial charge in [-0.05, 0) is 19.3 Å². The summed E-state index contributed by atoms with van der Waals surface area (Å²) in [5.74, 6) is 0. The van der Waals surface area contributed by atoms with Gasteiger partial charge in [0, 0.05) is 24.3 Å². The molecule has 0 bridgehead atoms. The first-order valence-corrected chi connectivity index (χ1v) is 21.2. The maximum absolute atomic E-state index is 3.55. The van der Waals surface area contributed by atoms with Crippen molar-refractivity contribution in [3.63, 3.8) is 0 Å². The molecule has 0 aromatic rings. The van der Waals surface area contributed by atoms with Crippen LogP contribution in [0.3, 0.4) is 0 Å². The number of hydrogen-bond acceptors (Lipinski definition) is 0. The number of allylic oxidation sites excluding steroid dienone is 3. The summed E-state index contributed by atoms with van der Waals surface area (Å²) in [7, 11) is 0. The highest BCUT2D eigenvalue weighted by molar-refractivity contribution is 4.74. The first kappa shape index (κ1) is 130. The Balaban J connectivity index is -0.00000000339. The minimum Gasteiger partial charge on any atom is -0.103 e. The third-order valence-electron chi connectivity index (χ3n) is 1.07. The van der Waals surface area contributed by atoms with Gasteiger partial charge in [0.15, 0.2) is 0 Å². The van der Waals surface area contributed by atoms with E-state index in [0.717, 1.165) is 19.3 Å². The van der Waals surface area contributed by atoms with Gasteiger partial charge in [0.1, 0.15) is 0 Å². The fraction of sp³-hybridized carbons (Fsp3) is 0.867. The zero-order valence-corrected chi connectivity index (χ0v) is 41.7. The molecular formula is C45H156. The minimum atomic E-state index is 0. The fourth-order valence-electron chi connectivity index (χ4n) is 0.440. The summed E-state index contributed by atoms with van der Waals surface area (Å²) in [6.07, 6.45) is 10.2. The molecule has 336 valence electrons. The van der Waals surface area contributed by atoms with Gasteiger partial charge in [-0.25, -0.2) is 0 Å². The standard InChI is InChI=1S/C6H10.C5H10.17C2H6.17H2/c1-3-5-6-4-2;1-3-5-4-2;17*1-2;;;;;;;;;;;;;;;;;/h3-4H,1-2,5-6H2;3H,1,4-5H2,2H3;17*1-2H3;17*1H/i;;;;;;;;;;;;;;;;;;;17*1+1. The maximum Gasteiger partial charge on any atom is 0 e. The molecule has 0 rings (SSSR count). The zero-order valence-electron chi connectivity index (χ0n) is 41.7. The van der Waals surface area contributed by atoms with Gasteiger partial charge in [-0.15, -0.1) is 19.7 Å². The number of hydrogen-bond donors (Lipinski definition) is 0. The van der Waals surface area contributed by atoms with Crippen molar-refractivity contribution in [3.05, 3.63) is 38.0 Å². The normalized spacial score (nSPS) is 4.07. The highest BCUT2D eigenvalue weighted by Crippen LogP contribution is 1.86. The van der Waals surface area contributed by atoms with E-state index in [1.165, 1.54) is 6.42 Å². The van der Waals surface area contributed by atoms with E-state index in [4.69, 9.17) is 0 Å². The van der Waals surface area contributed by atoms with Gasteiger partial charge in [0.2, 0.25) is 0 Å². The molecule has 0 amide bonds. The Morgan fingerprint density at radius 2 is 0.333 bits per heavy atom. The van der Waals surface area contributed by atoms with Crippen LogP contribution in [0.25, 0.3) is 0 Å². The van der Waals surface area contributed by atoms with Gasteiger partial charge in [-0.1, -0.05) is 267 Å². The monoisotopic (exact) mass is 714 g/mol. The molecule has 0 heteroatoms. The predicted molar refractivity (Wildman–Crippen MR) is 284 cm³/mol. The molecule has 0 aromatic heterocycles. The second-order valence-corrected chi connectivity index (χ2v) is 2.23. The summed E-state index contributed by atoms with van der Waals surface area (Å²) in [5, 5.41) is 0. The average Bonchev–Trinajstić information content (AvgIpc) is 3.24.